The summed E-state index contributed by atoms with van der Waals surface area (Å²) in [6.07, 6.45) is 0. The van der Waals surface area contributed by atoms with Crippen LogP contribution in [0.1, 0.15) is 6.92 Å². The lowest BCUT2D eigenvalue weighted by Gasteiger charge is -2.20. The van der Waals surface area contributed by atoms with Crippen molar-refractivity contribution < 1.29 is 19.4 Å². The lowest BCUT2D eigenvalue weighted by Crippen LogP contribution is -2.34. The molecule has 0 spiro atoms. The van der Waals surface area contributed by atoms with Crippen LogP contribution in [0.4, 0.5) is 0 Å². The Morgan fingerprint density at radius 2 is 1.79 bits per heavy atom. The molecule has 0 aromatic heterocycles. The van der Waals surface area contributed by atoms with Crippen LogP contribution in [0.15, 0.2) is 5.16 Å². The van der Waals surface area contributed by atoms with E-state index >= 15 is 0 Å². The summed E-state index contributed by atoms with van der Waals surface area (Å²) < 4.78 is 15.6. The second-order valence-corrected chi connectivity index (χ2v) is 4.41. The summed E-state index contributed by atoms with van der Waals surface area (Å²) in [6, 6.07) is 0. The van der Waals surface area contributed by atoms with Crippen molar-refractivity contribution in [1.82, 2.24) is 4.90 Å². The number of methoxy groups -OCH3 is 1. The maximum atomic E-state index is 8.55. The molecular formula is C12H27N3O4. The second-order valence-electron chi connectivity index (χ2n) is 4.41. The van der Waals surface area contributed by atoms with Gasteiger partial charge in [0.15, 0.2) is 0 Å². The van der Waals surface area contributed by atoms with Gasteiger partial charge in [-0.1, -0.05) is 12.1 Å². The third kappa shape index (κ3) is 10.7. The zero-order valence-electron chi connectivity index (χ0n) is 12.2. The highest BCUT2D eigenvalue weighted by atomic mass is 16.5. The minimum absolute atomic E-state index is 0.0207. The molecule has 114 valence electrons. The minimum Gasteiger partial charge on any atom is -0.409 e. The Kier molecular flexibility index (Phi) is 11.6. The Hall–Kier alpha value is -0.890. The van der Waals surface area contributed by atoms with Gasteiger partial charge in [0.25, 0.3) is 0 Å². The van der Waals surface area contributed by atoms with E-state index < -0.39 is 0 Å². The Morgan fingerprint density at radius 3 is 2.37 bits per heavy atom. The highest BCUT2D eigenvalue weighted by Gasteiger charge is 2.10. The Morgan fingerprint density at radius 1 is 1.21 bits per heavy atom. The fraction of sp³-hybridized carbons (Fsp3) is 0.917. The predicted octanol–water partition coefficient (Wildman–Crippen LogP) is -0.0197. The van der Waals surface area contributed by atoms with E-state index in [-0.39, 0.29) is 11.8 Å². The van der Waals surface area contributed by atoms with Crippen LogP contribution in [-0.2, 0) is 14.2 Å². The Labute approximate surface area is 115 Å². The van der Waals surface area contributed by atoms with Gasteiger partial charge in [0.2, 0.25) is 0 Å². The molecule has 3 N–H and O–H groups in total. The predicted molar refractivity (Wildman–Crippen MR) is 73.6 cm³/mol. The maximum Gasteiger partial charge on any atom is 0.143 e. The van der Waals surface area contributed by atoms with E-state index in [0.717, 1.165) is 13.1 Å². The van der Waals surface area contributed by atoms with Crippen molar-refractivity contribution in [2.75, 3.05) is 60.3 Å². The molecule has 7 heteroatoms. The number of amidine groups is 1. The molecule has 7 nitrogen and oxygen atoms in total. The van der Waals surface area contributed by atoms with Crippen molar-refractivity contribution in [3.05, 3.63) is 0 Å². The van der Waals surface area contributed by atoms with Crippen LogP contribution in [-0.4, -0.2) is 76.2 Å². The molecule has 1 unspecified atom stereocenters. The van der Waals surface area contributed by atoms with Crippen LogP contribution < -0.4 is 5.73 Å². The first-order chi connectivity index (χ1) is 9.11. The average Bonchev–Trinajstić information content (AvgIpc) is 2.40. The summed E-state index contributed by atoms with van der Waals surface area (Å²) in [4.78, 5) is 2.08. The summed E-state index contributed by atoms with van der Waals surface area (Å²) in [5, 5.41) is 11.5. The van der Waals surface area contributed by atoms with Gasteiger partial charge in [0, 0.05) is 26.1 Å². The number of likely N-dealkylation sites (N-methyl/N-ethyl adjacent to an activating group) is 1. The molecular weight excluding hydrogens is 250 g/mol. The zero-order chi connectivity index (χ0) is 14.5. The highest BCUT2D eigenvalue weighted by Crippen LogP contribution is 1.98. The average molecular weight is 277 g/mol. The molecule has 1 atom stereocenters. The molecule has 0 aromatic carbocycles. The van der Waals surface area contributed by atoms with Crippen molar-refractivity contribution in [1.29, 1.82) is 0 Å². The SMILES string of the molecule is COCCOCCOCCN(C)CC(C)C(N)=NO. The maximum absolute atomic E-state index is 8.55. The van der Waals surface area contributed by atoms with Crippen molar-refractivity contribution in [2.24, 2.45) is 16.8 Å². The molecule has 19 heavy (non-hydrogen) atoms. The van der Waals surface area contributed by atoms with E-state index in [9.17, 15) is 0 Å². The summed E-state index contributed by atoms with van der Waals surface area (Å²) in [6.45, 7) is 6.42. The van der Waals surface area contributed by atoms with Crippen LogP contribution >= 0.6 is 0 Å². The number of ether oxygens (including phenoxy) is 3. The molecule has 0 radical (unpaired) electrons. The van der Waals surface area contributed by atoms with E-state index in [1.807, 2.05) is 14.0 Å². The molecule has 0 bridgehead atoms. The van der Waals surface area contributed by atoms with Crippen molar-refractivity contribution in [2.45, 2.75) is 6.92 Å². The summed E-state index contributed by atoms with van der Waals surface area (Å²) >= 11 is 0. The number of nitrogens with two attached hydrogens (primary N) is 1. The molecule has 0 fully saturated rings. The number of rotatable bonds is 12. The molecule has 0 amide bonds. The topological polar surface area (TPSA) is 89.5 Å². The van der Waals surface area contributed by atoms with Gasteiger partial charge in [-0.2, -0.15) is 0 Å². The van der Waals surface area contributed by atoms with E-state index in [0.29, 0.717) is 33.0 Å². The molecule has 0 saturated heterocycles. The van der Waals surface area contributed by atoms with Gasteiger partial charge in [-0.05, 0) is 7.05 Å². The number of hydrogen-bond donors (Lipinski definition) is 2. The van der Waals surface area contributed by atoms with Gasteiger partial charge >= 0.3 is 0 Å². The number of hydrogen-bond acceptors (Lipinski definition) is 6. The fourth-order valence-corrected chi connectivity index (χ4v) is 1.44. The first-order valence-electron chi connectivity index (χ1n) is 6.42. The molecule has 0 saturated carbocycles. The molecule has 0 aliphatic heterocycles. The van der Waals surface area contributed by atoms with E-state index in [1.54, 1.807) is 7.11 Å². The van der Waals surface area contributed by atoms with Crippen molar-refractivity contribution in [3.8, 4) is 0 Å². The Balaban J connectivity index is 3.41. The third-order valence-electron chi connectivity index (χ3n) is 2.63. The van der Waals surface area contributed by atoms with Gasteiger partial charge < -0.3 is 30.1 Å². The third-order valence-corrected chi connectivity index (χ3v) is 2.63. The van der Waals surface area contributed by atoms with Gasteiger partial charge in [0.1, 0.15) is 5.84 Å². The number of oxime groups is 1. The summed E-state index contributed by atoms with van der Waals surface area (Å²) in [5.41, 5.74) is 5.51. The lowest BCUT2D eigenvalue weighted by molar-refractivity contribution is 0.0206. The fourth-order valence-electron chi connectivity index (χ4n) is 1.44. The van der Waals surface area contributed by atoms with Gasteiger partial charge in [-0.25, -0.2) is 0 Å². The molecule has 0 aromatic rings. The Bertz CT molecular complexity index is 239. The van der Waals surface area contributed by atoms with Crippen LogP contribution in [0, 0.1) is 5.92 Å². The normalized spacial score (nSPS) is 14.0. The van der Waals surface area contributed by atoms with Gasteiger partial charge in [0.05, 0.1) is 33.0 Å². The highest BCUT2D eigenvalue weighted by molar-refractivity contribution is 5.82. The van der Waals surface area contributed by atoms with Crippen molar-refractivity contribution in [3.63, 3.8) is 0 Å². The smallest absolute Gasteiger partial charge is 0.143 e. The lowest BCUT2D eigenvalue weighted by atomic mass is 10.1. The van der Waals surface area contributed by atoms with E-state index in [1.165, 1.54) is 0 Å². The minimum atomic E-state index is 0.0207. The molecule has 0 rings (SSSR count). The largest absolute Gasteiger partial charge is 0.409 e. The molecule has 0 aliphatic carbocycles. The number of nitrogens with zero attached hydrogens (tertiary/aromatic N) is 2. The van der Waals surface area contributed by atoms with Crippen LogP contribution in [0.5, 0.6) is 0 Å². The van der Waals surface area contributed by atoms with Gasteiger partial charge in [-0.3, -0.25) is 0 Å². The quantitative estimate of drug-likeness (QED) is 0.171. The standard InChI is InChI=1S/C12H27N3O4/c1-11(12(13)14-16)10-15(2)4-5-18-8-9-19-7-6-17-3/h11,16H,4-10H2,1-3H3,(H2,13,14). The van der Waals surface area contributed by atoms with Crippen LogP contribution in [0.2, 0.25) is 0 Å². The van der Waals surface area contributed by atoms with Crippen LogP contribution in [0.3, 0.4) is 0 Å². The van der Waals surface area contributed by atoms with E-state index in [4.69, 9.17) is 25.2 Å². The van der Waals surface area contributed by atoms with Gasteiger partial charge in [-0.15, -0.1) is 0 Å². The molecule has 0 heterocycles. The van der Waals surface area contributed by atoms with Crippen LogP contribution in [0.25, 0.3) is 0 Å². The first-order valence-corrected chi connectivity index (χ1v) is 6.42. The summed E-state index contributed by atoms with van der Waals surface area (Å²) in [5.74, 6) is 0.270. The second kappa shape index (κ2) is 12.2. The molecule has 0 aliphatic rings. The van der Waals surface area contributed by atoms with E-state index in [2.05, 4.69) is 10.1 Å². The zero-order valence-corrected chi connectivity index (χ0v) is 12.2. The summed E-state index contributed by atoms with van der Waals surface area (Å²) in [7, 11) is 3.62. The van der Waals surface area contributed by atoms with Crippen molar-refractivity contribution >= 4 is 5.84 Å². The first kappa shape index (κ1) is 18.1. The monoisotopic (exact) mass is 277 g/mol.